The van der Waals surface area contributed by atoms with Crippen molar-refractivity contribution in [2.24, 2.45) is 4.99 Å². The fraction of sp³-hybridized carbons (Fsp3) is 0.0526. The molecule has 1 aliphatic rings. The second-order valence-corrected chi connectivity index (χ2v) is 6.60. The Hall–Kier alpha value is -2.96. The summed E-state index contributed by atoms with van der Waals surface area (Å²) in [5.74, 6) is -0.877. The number of aliphatic hydroxyl groups is 1. The van der Waals surface area contributed by atoms with E-state index in [2.05, 4.69) is 10.3 Å². The van der Waals surface area contributed by atoms with Crippen LogP contribution in [0.4, 0.5) is 11.4 Å². The van der Waals surface area contributed by atoms with Gasteiger partial charge < -0.3 is 20.6 Å². The predicted molar refractivity (Wildman–Crippen MR) is 105 cm³/mol. The number of aliphatic hydroxyl groups excluding tert-OH is 1. The minimum Gasteiger partial charge on any atom is -0.506 e. The molecule has 0 atom stereocenters. The third kappa shape index (κ3) is 3.92. The van der Waals surface area contributed by atoms with Crippen LogP contribution in [0, 0.1) is 0 Å². The van der Waals surface area contributed by atoms with Gasteiger partial charge in [-0.2, -0.15) is 0 Å². The summed E-state index contributed by atoms with van der Waals surface area (Å²) >= 11 is 11.8. The number of carbonyl (C=O) groups is 1. The van der Waals surface area contributed by atoms with E-state index in [1.165, 1.54) is 30.3 Å². The van der Waals surface area contributed by atoms with E-state index in [0.717, 1.165) is 6.08 Å². The van der Waals surface area contributed by atoms with Crippen LogP contribution in [-0.4, -0.2) is 26.8 Å². The van der Waals surface area contributed by atoms with Gasteiger partial charge in [0, 0.05) is 17.3 Å². The highest BCUT2D eigenvalue weighted by atomic mass is 35.5. The van der Waals surface area contributed by atoms with Crippen LogP contribution in [0.1, 0.15) is 6.92 Å². The van der Waals surface area contributed by atoms with Gasteiger partial charge in [0.1, 0.15) is 23.0 Å². The largest absolute Gasteiger partial charge is 0.506 e. The van der Waals surface area contributed by atoms with Crippen molar-refractivity contribution < 1.29 is 20.1 Å². The maximum atomic E-state index is 12.3. The van der Waals surface area contributed by atoms with Crippen molar-refractivity contribution >= 4 is 46.1 Å². The Morgan fingerprint density at radius 3 is 2.22 bits per heavy atom. The summed E-state index contributed by atoms with van der Waals surface area (Å²) in [7, 11) is 0. The summed E-state index contributed by atoms with van der Waals surface area (Å²) in [5, 5.41) is 32.4. The molecule has 3 rings (SSSR count). The summed E-state index contributed by atoms with van der Waals surface area (Å²) in [6, 6.07) is 8.77. The van der Waals surface area contributed by atoms with E-state index in [-0.39, 0.29) is 38.7 Å². The van der Waals surface area contributed by atoms with Crippen LogP contribution in [0.5, 0.6) is 11.5 Å². The highest BCUT2D eigenvalue weighted by Gasteiger charge is 2.24. The van der Waals surface area contributed by atoms with Gasteiger partial charge in [-0.25, -0.2) is 4.99 Å². The zero-order chi connectivity index (χ0) is 19.7. The number of benzene rings is 2. The van der Waals surface area contributed by atoms with E-state index in [1.807, 2.05) is 0 Å². The number of phenolic OH excluding ortho intramolecular Hbond substituents is 2. The van der Waals surface area contributed by atoms with Crippen molar-refractivity contribution in [2.45, 2.75) is 6.92 Å². The molecule has 0 saturated carbocycles. The molecular weight excluding hydrogens is 391 g/mol. The number of carbonyl (C=O) groups excluding carboxylic acids is 1. The number of halogens is 2. The molecular formula is C19H14Cl2N2O4. The molecule has 0 aromatic heterocycles. The molecule has 0 spiro atoms. The molecule has 1 aliphatic carbocycles. The second kappa shape index (κ2) is 7.34. The first kappa shape index (κ1) is 18.8. The minimum atomic E-state index is -0.433. The van der Waals surface area contributed by atoms with Crippen LogP contribution in [0.3, 0.4) is 0 Å². The van der Waals surface area contributed by atoms with Crippen molar-refractivity contribution in [3.05, 3.63) is 69.5 Å². The van der Waals surface area contributed by atoms with Crippen LogP contribution in [0.25, 0.3) is 0 Å². The number of aromatic hydroxyl groups is 2. The third-order valence-electron chi connectivity index (χ3n) is 3.88. The molecule has 0 radical (unpaired) electrons. The summed E-state index contributed by atoms with van der Waals surface area (Å²) in [6.07, 6.45) is 1.05. The number of aliphatic imine (C=N–C) groups is 1. The van der Waals surface area contributed by atoms with Gasteiger partial charge in [-0.3, -0.25) is 4.79 Å². The first-order valence-electron chi connectivity index (χ1n) is 7.75. The lowest BCUT2D eigenvalue weighted by molar-refractivity contribution is -0.111. The number of hydrogen-bond acceptors (Lipinski definition) is 6. The predicted octanol–water partition coefficient (Wildman–Crippen LogP) is 4.89. The highest BCUT2D eigenvalue weighted by Crippen LogP contribution is 2.31. The van der Waals surface area contributed by atoms with Crippen LogP contribution in [0.15, 0.2) is 64.5 Å². The molecule has 0 fully saturated rings. The quantitative estimate of drug-likeness (QED) is 0.430. The number of allylic oxidation sites excluding steroid dienone is 2. The average Bonchev–Trinajstić information content (AvgIpc) is 2.61. The van der Waals surface area contributed by atoms with Gasteiger partial charge in [0.2, 0.25) is 5.78 Å². The second-order valence-electron chi connectivity index (χ2n) is 5.78. The van der Waals surface area contributed by atoms with Gasteiger partial charge >= 0.3 is 0 Å². The fourth-order valence-electron chi connectivity index (χ4n) is 2.48. The molecule has 2 aromatic carbocycles. The summed E-state index contributed by atoms with van der Waals surface area (Å²) < 4.78 is 0. The lowest BCUT2D eigenvalue weighted by atomic mass is 9.98. The molecule has 2 aromatic rings. The molecule has 4 N–H and O–H groups in total. The average molecular weight is 405 g/mol. The van der Waals surface area contributed by atoms with Crippen molar-refractivity contribution in [1.29, 1.82) is 0 Å². The Labute approximate surface area is 164 Å². The first-order valence-corrected chi connectivity index (χ1v) is 8.51. The highest BCUT2D eigenvalue weighted by molar-refractivity contribution is 6.32. The van der Waals surface area contributed by atoms with Crippen LogP contribution in [-0.2, 0) is 4.79 Å². The monoisotopic (exact) mass is 404 g/mol. The van der Waals surface area contributed by atoms with Gasteiger partial charge in [-0.1, -0.05) is 23.2 Å². The van der Waals surface area contributed by atoms with Gasteiger partial charge in [-0.05, 0) is 43.3 Å². The SMILES string of the molecule is CC1=C(Nc2ccc(O)c(Cl)c2)C(=O)C=C(O)/C1=N/c1ccc(O)c(Cl)c1. The Bertz CT molecular complexity index is 1040. The lowest BCUT2D eigenvalue weighted by Crippen LogP contribution is -2.22. The summed E-state index contributed by atoms with van der Waals surface area (Å²) in [5.41, 5.74) is 1.69. The Balaban J connectivity index is 2.02. The molecule has 27 heavy (non-hydrogen) atoms. The summed E-state index contributed by atoms with van der Waals surface area (Å²) in [4.78, 5) is 16.6. The molecule has 138 valence electrons. The third-order valence-corrected chi connectivity index (χ3v) is 4.48. The Morgan fingerprint density at radius 2 is 1.59 bits per heavy atom. The molecule has 0 amide bonds. The number of rotatable bonds is 3. The minimum absolute atomic E-state index is 0.0770. The molecule has 0 aliphatic heterocycles. The van der Waals surface area contributed by atoms with E-state index >= 15 is 0 Å². The molecule has 0 heterocycles. The van der Waals surface area contributed by atoms with Gasteiger partial charge in [-0.15, -0.1) is 0 Å². The Morgan fingerprint density at radius 1 is 0.963 bits per heavy atom. The Kier molecular flexibility index (Phi) is 5.12. The molecule has 0 saturated heterocycles. The number of anilines is 1. The molecule has 6 nitrogen and oxygen atoms in total. The molecule has 0 bridgehead atoms. The van der Waals surface area contributed by atoms with E-state index in [1.54, 1.807) is 13.0 Å². The van der Waals surface area contributed by atoms with E-state index in [9.17, 15) is 20.1 Å². The van der Waals surface area contributed by atoms with Crippen molar-refractivity contribution in [2.75, 3.05) is 5.32 Å². The first-order chi connectivity index (χ1) is 12.8. The lowest BCUT2D eigenvalue weighted by Gasteiger charge is -2.18. The molecule has 8 heteroatoms. The standard InChI is InChI=1S/C19H14Cl2N2O4/c1-9-18(22-10-2-4-14(24)12(20)6-10)16(26)8-17(27)19(9)23-11-3-5-15(25)13(21)7-11/h2-8,22,24-25,27H,1H3/b23-19+. The van der Waals surface area contributed by atoms with Crippen molar-refractivity contribution in [1.82, 2.24) is 0 Å². The van der Waals surface area contributed by atoms with E-state index in [4.69, 9.17) is 23.2 Å². The molecule has 0 unspecified atom stereocenters. The fourth-order valence-corrected chi connectivity index (χ4v) is 2.84. The topological polar surface area (TPSA) is 102 Å². The maximum absolute atomic E-state index is 12.3. The normalized spacial score (nSPS) is 15.9. The smallest absolute Gasteiger partial charge is 0.206 e. The number of phenols is 2. The number of hydrogen-bond donors (Lipinski definition) is 4. The van der Waals surface area contributed by atoms with Gasteiger partial charge in [0.05, 0.1) is 21.4 Å². The van der Waals surface area contributed by atoms with Gasteiger partial charge in [0.15, 0.2) is 0 Å². The zero-order valence-electron chi connectivity index (χ0n) is 14.0. The van der Waals surface area contributed by atoms with E-state index < -0.39 is 5.78 Å². The van der Waals surface area contributed by atoms with Crippen LogP contribution < -0.4 is 5.32 Å². The zero-order valence-corrected chi connectivity index (χ0v) is 15.5. The maximum Gasteiger partial charge on any atom is 0.206 e. The van der Waals surface area contributed by atoms with E-state index in [0.29, 0.717) is 16.9 Å². The van der Waals surface area contributed by atoms with Gasteiger partial charge in [0.25, 0.3) is 0 Å². The van der Waals surface area contributed by atoms with Crippen molar-refractivity contribution in [3.8, 4) is 11.5 Å². The number of ketones is 1. The van der Waals surface area contributed by atoms with Crippen LogP contribution >= 0.6 is 23.2 Å². The number of nitrogens with one attached hydrogen (secondary N) is 1. The van der Waals surface area contributed by atoms with Crippen molar-refractivity contribution in [3.63, 3.8) is 0 Å². The summed E-state index contributed by atoms with van der Waals surface area (Å²) in [6.45, 7) is 1.63. The number of nitrogens with zero attached hydrogens (tertiary/aromatic N) is 1. The van der Waals surface area contributed by atoms with Crippen LogP contribution in [0.2, 0.25) is 10.0 Å².